The van der Waals surface area contributed by atoms with Crippen LogP contribution in [0.15, 0.2) is 0 Å². The van der Waals surface area contributed by atoms with E-state index in [9.17, 15) is 26.8 Å². The summed E-state index contributed by atoms with van der Waals surface area (Å²) in [5.41, 5.74) is 0. The van der Waals surface area contributed by atoms with Crippen LogP contribution in [0.25, 0.3) is 0 Å². The van der Waals surface area contributed by atoms with Gasteiger partial charge in [-0.05, 0) is 6.42 Å². The van der Waals surface area contributed by atoms with Gasteiger partial charge in [0.15, 0.2) is 0 Å². The third-order valence-corrected chi connectivity index (χ3v) is 3.11. The van der Waals surface area contributed by atoms with Gasteiger partial charge in [0.2, 0.25) is 5.91 Å². The van der Waals surface area contributed by atoms with Gasteiger partial charge in [-0.15, -0.1) is 0 Å². The second-order valence-corrected chi connectivity index (χ2v) is 6.35. The van der Waals surface area contributed by atoms with E-state index in [-0.39, 0.29) is 25.2 Å². The van der Waals surface area contributed by atoms with Gasteiger partial charge in [0.25, 0.3) is 6.43 Å². The lowest BCUT2D eigenvalue weighted by molar-refractivity contribution is -0.142. The summed E-state index contributed by atoms with van der Waals surface area (Å²) in [7, 11) is -3.34. The summed E-state index contributed by atoms with van der Waals surface area (Å²) >= 11 is 0. The van der Waals surface area contributed by atoms with Crippen LogP contribution in [0.5, 0.6) is 0 Å². The Labute approximate surface area is 115 Å². The molecule has 0 aliphatic heterocycles. The first kappa shape index (κ1) is 18.7. The molecule has 0 aliphatic carbocycles. The summed E-state index contributed by atoms with van der Waals surface area (Å²) in [4.78, 5) is 22.2. The van der Waals surface area contributed by atoms with E-state index in [1.165, 1.54) is 0 Å². The molecule has 0 saturated heterocycles. The van der Waals surface area contributed by atoms with Gasteiger partial charge in [-0.25, -0.2) is 22.0 Å². The minimum atomic E-state index is -3.34. The van der Waals surface area contributed by atoms with Gasteiger partial charge in [0.1, 0.15) is 22.5 Å². The second kappa shape index (κ2) is 8.80. The third kappa shape index (κ3) is 10.6. The fourth-order valence-corrected chi connectivity index (χ4v) is 1.86. The molecule has 0 rings (SSSR count). The van der Waals surface area contributed by atoms with Gasteiger partial charge in [0, 0.05) is 12.7 Å². The van der Waals surface area contributed by atoms with Crippen LogP contribution in [-0.2, 0) is 24.2 Å². The third-order valence-electron chi connectivity index (χ3n) is 2.13. The van der Waals surface area contributed by atoms with Crippen LogP contribution in [0.3, 0.4) is 0 Å². The van der Waals surface area contributed by atoms with E-state index in [1.807, 2.05) is 0 Å². The number of rotatable bonds is 10. The van der Waals surface area contributed by atoms with E-state index in [2.05, 4.69) is 10.1 Å². The highest BCUT2D eigenvalue weighted by molar-refractivity contribution is 7.90. The van der Waals surface area contributed by atoms with Crippen molar-refractivity contribution in [1.29, 1.82) is 0 Å². The van der Waals surface area contributed by atoms with Crippen LogP contribution in [0, 0.1) is 0 Å². The number of alkyl halides is 2. The number of carboxylic acids is 1. The fourth-order valence-electron chi connectivity index (χ4n) is 1.19. The van der Waals surface area contributed by atoms with Crippen LogP contribution >= 0.6 is 0 Å². The van der Waals surface area contributed by atoms with Crippen molar-refractivity contribution in [2.75, 3.05) is 25.2 Å². The quantitative estimate of drug-likeness (QED) is 0.534. The second-order valence-electron chi connectivity index (χ2n) is 4.09. The first-order valence-corrected chi connectivity index (χ1v) is 7.73. The van der Waals surface area contributed by atoms with E-state index < -0.39 is 40.8 Å². The molecule has 0 bridgehead atoms. The molecule has 0 aromatic carbocycles. The van der Waals surface area contributed by atoms with Gasteiger partial charge in [0.05, 0.1) is 12.4 Å². The molecular formula is C10H17F2NO6S. The summed E-state index contributed by atoms with van der Waals surface area (Å²) in [6.07, 6.45) is -2.24. The molecule has 1 unspecified atom stereocenters. The number of nitrogens with one attached hydrogen (secondary N) is 1. The van der Waals surface area contributed by atoms with Crippen LogP contribution in [-0.4, -0.2) is 63.1 Å². The maximum absolute atomic E-state index is 11.7. The Kier molecular flexibility index (Phi) is 8.23. The largest absolute Gasteiger partial charge is 0.480 e. The van der Waals surface area contributed by atoms with Gasteiger partial charge in [-0.2, -0.15) is 0 Å². The first-order valence-electron chi connectivity index (χ1n) is 5.67. The highest BCUT2D eigenvalue weighted by Crippen LogP contribution is 1.99. The van der Waals surface area contributed by atoms with Crippen molar-refractivity contribution in [2.24, 2.45) is 0 Å². The highest BCUT2D eigenvalue weighted by Gasteiger charge is 2.21. The fraction of sp³-hybridized carbons (Fsp3) is 0.800. The van der Waals surface area contributed by atoms with E-state index in [1.54, 1.807) is 0 Å². The minimum Gasteiger partial charge on any atom is -0.480 e. The predicted molar refractivity (Wildman–Crippen MR) is 65.3 cm³/mol. The Morgan fingerprint density at radius 2 is 1.95 bits per heavy atom. The molecule has 20 heavy (non-hydrogen) atoms. The van der Waals surface area contributed by atoms with Crippen molar-refractivity contribution >= 4 is 21.7 Å². The summed E-state index contributed by atoms with van der Waals surface area (Å²) in [5, 5.41) is 10.9. The van der Waals surface area contributed by atoms with Crippen molar-refractivity contribution in [3.8, 4) is 0 Å². The number of carbonyl (C=O) groups is 2. The van der Waals surface area contributed by atoms with Crippen molar-refractivity contribution in [1.82, 2.24) is 5.32 Å². The number of sulfone groups is 1. The lowest BCUT2D eigenvalue weighted by Gasteiger charge is -2.14. The molecule has 0 radical (unpaired) electrons. The number of hydrogen-bond acceptors (Lipinski definition) is 5. The molecule has 0 fully saturated rings. The topological polar surface area (TPSA) is 110 Å². The Bertz CT molecular complexity index is 425. The maximum atomic E-state index is 11.7. The summed E-state index contributed by atoms with van der Waals surface area (Å²) in [6.45, 7) is -1.07. The van der Waals surface area contributed by atoms with Crippen molar-refractivity contribution in [2.45, 2.75) is 25.3 Å². The smallest absolute Gasteiger partial charge is 0.326 e. The predicted octanol–water partition coefficient (Wildman–Crippen LogP) is -0.338. The Balaban J connectivity index is 4.12. The summed E-state index contributed by atoms with van der Waals surface area (Å²) in [6, 6.07) is -1.34. The highest BCUT2D eigenvalue weighted by atomic mass is 32.2. The number of carbonyl (C=O) groups excluding carboxylic acids is 1. The molecule has 1 amide bonds. The molecule has 0 spiro atoms. The van der Waals surface area contributed by atoms with Crippen molar-refractivity contribution in [3.63, 3.8) is 0 Å². The molecule has 2 N–H and O–H groups in total. The molecule has 10 heteroatoms. The Morgan fingerprint density at radius 1 is 1.35 bits per heavy atom. The number of aliphatic carboxylic acids is 1. The normalized spacial score (nSPS) is 13.2. The number of amides is 1. The zero-order chi connectivity index (χ0) is 15.8. The van der Waals surface area contributed by atoms with Gasteiger partial charge in [-0.3, -0.25) is 4.79 Å². The van der Waals surface area contributed by atoms with Gasteiger partial charge < -0.3 is 15.2 Å². The molecule has 7 nitrogen and oxygen atoms in total. The first-order chi connectivity index (χ1) is 9.11. The van der Waals surface area contributed by atoms with Crippen LogP contribution in [0.2, 0.25) is 0 Å². The molecule has 0 saturated carbocycles. The van der Waals surface area contributed by atoms with Gasteiger partial charge >= 0.3 is 5.97 Å². The lowest BCUT2D eigenvalue weighted by Crippen LogP contribution is -2.42. The van der Waals surface area contributed by atoms with Crippen LogP contribution in [0.4, 0.5) is 8.78 Å². The summed E-state index contributed by atoms with van der Waals surface area (Å²) in [5.74, 6) is -2.46. The number of halogens is 2. The number of ether oxygens (including phenoxy) is 1. The van der Waals surface area contributed by atoms with E-state index >= 15 is 0 Å². The van der Waals surface area contributed by atoms with Crippen molar-refractivity contribution < 1.29 is 36.6 Å². The number of hydrogen-bond donors (Lipinski definition) is 2. The SMILES string of the molecule is CS(=O)(=O)CCC(NC(=O)CCOCC(F)F)C(=O)O. The Morgan fingerprint density at radius 3 is 2.40 bits per heavy atom. The van der Waals surface area contributed by atoms with Crippen LogP contribution < -0.4 is 5.32 Å². The van der Waals surface area contributed by atoms with E-state index in [0.717, 1.165) is 6.26 Å². The average Bonchev–Trinajstić information content (AvgIpc) is 2.28. The van der Waals surface area contributed by atoms with Crippen LogP contribution in [0.1, 0.15) is 12.8 Å². The molecule has 0 aromatic heterocycles. The van der Waals surface area contributed by atoms with Gasteiger partial charge in [-0.1, -0.05) is 0 Å². The van der Waals surface area contributed by atoms with E-state index in [4.69, 9.17) is 5.11 Å². The molecule has 0 aliphatic rings. The minimum absolute atomic E-state index is 0.266. The summed E-state index contributed by atoms with van der Waals surface area (Å²) < 4.78 is 49.8. The molecular weight excluding hydrogens is 300 g/mol. The average molecular weight is 317 g/mol. The van der Waals surface area contributed by atoms with Crippen molar-refractivity contribution in [3.05, 3.63) is 0 Å². The molecule has 0 aromatic rings. The molecule has 118 valence electrons. The molecule has 0 heterocycles. The zero-order valence-electron chi connectivity index (χ0n) is 10.8. The van der Waals surface area contributed by atoms with E-state index in [0.29, 0.717) is 0 Å². The molecule has 1 atom stereocenters. The monoisotopic (exact) mass is 317 g/mol. The maximum Gasteiger partial charge on any atom is 0.326 e. The zero-order valence-corrected chi connectivity index (χ0v) is 11.7. The standard InChI is InChI=1S/C10H17F2NO6S/c1-20(17,18)5-3-7(10(15)16)13-9(14)2-4-19-6-8(11)12/h7-8H,2-6H2,1H3,(H,13,14)(H,15,16). The number of carboxylic acid groups (broad SMARTS) is 1. The lowest BCUT2D eigenvalue weighted by atomic mass is 10.2. The Hall–Kier alpha value is -1.29.